The number of rotatable bonds is 4. The highest BCUT2D eigenvalue weighted by atomic mass is 16.1. The van der Waals surface area contributed by atoms with Crippen LogP contribution in [0.5, 0.6) is 0 Å². The van der Waals surface area contributed by atoms with Gasteiger partial charge in [0.05, 0.1) is 0 Å². The fourth-order valence-electron chi connectivity index (χ4n) is 2.65. The molecular weight excluding hydrogens is 200 g/mol. The lowest BCUT2D eigenvalue weighted by Crippen LogP contribution is -2.48. The van der Waals surface area contributed by atoms with E-state index in [9.17, 15) is 4.79 Å². The summed E-state index contributed by atoms with van der Waals surface area (Å²) in [6.07, 6.45) is 3.88. The SMILES string of the molecule is CC(C)C(C)C(=O)NCC12CC1CCCN2. The second-order valence-electron chi connectivity index (χ2n) is 5.88. The Morgan fingerprint density at radius 1 is 1.50 bits per heavy atom. The van der Waals surface area contributed by atoms with Crippen molar-refractivity contribution in [1.82, 2.24) is 10.6 Å². The maximum Gasteiger partial charge on any atom is 0.223 e. The number of amides is 1. The van der Waals surface area contributed by atoms with Crippen molar-refractivity contribution in [2.45, 2.75) is 45.6 Å². The zero-order valence-corrected chi connectivity index (χ0v) is 10.7. The van der Waals surface area contributed by atoms with E-state index >= 15 is 0 Å². The van der Waals surface area contributed by atoms with Gasteiger partial charge < -0.3 is 10.6 Å². The van der Waals surface area contributed by atoms with Crippen LogP contribution in [0.15, 0.2) is 0 Å². The van der Waals surface area contributed by atoms with Crippen LogP contribution >= 0.6 is 0 Å². The molecule has 3 atom stereocenters. The van der Waals surface area contributed by atoms with Gasteiger partial charge in [-0.05, 0) is 37.6 Å². The van der Waals surface area contributed by atoms with Crippen LogP contribution in [0.4, 0.5) is 0 Å². The van der Waals surface area contributed by atoms with Gasteiger partial charge in [0.2, 0.25) is 5.91 Å². The number of carbonyl (C=O) groups is 1. The third-order valence-electron chi connectivity index (χ3n) is 4.43. The molecule has 0 radical (unpaired) electrons. The molecule has 1 aliphatic heterocycles. The van der Waals surface area contributed by atoms with Gasteiger partial charge in [-0.3, -0.25) is 4.79 Å². The fourth-order valence-corrected chi connectivity index (χ4v) is 2.65. The first-order valence-electron chi connectivity index (χ1n) is 6.58. The monoisotopic (exact) mass is 224 g/mol. The average Bonchev–Trinajstić information content (AvgIpc) is 2.99. The summed E-state index contributed by atoms with van der Waals surface area (Å²) in [4.78, 5) is 11.8. The van der Waals surface area contributed by atoms with E-state index in [1.54, 1.807) is 0 Å². The van der Waals surface area contributed by atoms with Crippen molar-refractivity contribution in [2.75, 3.05) is 13.1 Å². The lowest BCUT2D eigenvalue weighted by atomic mass is 9.97. The molecule has 1 amide bonds. The van der Waals surface area contributed by atoms with Gasteiger partial charge in [0.15, 0.2) is 0 Å². The zero-order chi connectivity index (χ0) is 11.8. The normalized spacial score (nSPS) is 34.4. The van der Waals surface area contributed by atoms with Crippen LogP contribution in [0, 0.1) is 17.8 Å². The minimum Gasteiger partial charge on any atom is -0.354 e. The quantitative estimate of drug-likeness (QED) is 0.760. The van der Waals surface area contributed by atoms with Crippen molar-refractivity contribution >= 4 is 5.91 Å². The first-order chi connectivity index (χ1) is 7.55. The number of hydrogen-bond donors (Lipinski definition) is 2. The summed E-state index contributed by atoms with van der Waals surface area (Å²) >= 11 is 0. The van der Waals surface area contributed by atoms with Gasteiger partial charge >= 0.3 is 0 Å². The number of hydrogen-bond acceptors (Lipinski definition) is 2. The fraction of sp³-hybridized carbons (Fsp3) is 0.923. The minimum atomic E-state index is 0.122. The molecule has 0 aromatic rings. The number of carbonyl (C=O) groups excluding carboxylic acids is 1. The highest BCUT2D eigenvalue weighted by Gasteiger charge is 2.54. The molecule has 1 saturated carbocycles. The van der Waals surface area contributed by atoms with Crippen LogP contribution in [0.1, 0.15) is 40.0 Å². The third-order valence-corrected chi connectivity index (χ3v) is 4.43. The van der Waals surface area contributed by atoms with Crippen LogP contribution in [0.2, 0.25) is 0 Å². The summed E-state index contributed by atoms with van der Waals surface area (Å²) in [6.45, 7) is 8.15. The summed E-state index contributed by atoms with van der Waals surface area (Å²) in [6, 6.07) is 0. The summed E-state index contributed by atoms with van der Waals surface area (Å²) in [5, 5.41) is 6.69. The Morgan fingerprint density at radius 2 is 2.25 bits per heavy atom. The Kier molecular flexibility index (Phi) is 3.24. The Bertz CT molecular complexity index is 277. The van der Waals surface area contributed by atoms with Crippen molar-refractivity contribution in [3.63, 3.8) is 0 Å². The Hall–Kier alpha value is -0.570. The van der Waals surface area contributed by atoms with Crippen molar-refractivity contribution in [2.24, 2.45) is 17.8 Å². The molecule has 1 aliphatic carbocycles. The maximum absolute atomic E-state index is 11.8. The maximum atomic E-state index is 11.8. The lowest BCUT2D eigenvalue weighted by molar-refractivity contribution is -0.125. The summed E-state index contributed by atoms with van der Waals surface area (Å²) < 4.78 is 0. The molecule has 0 bridgehead atoms. The van der Waals surface area contributed by atoms with Gasteiger partial charge in [0, 0.05) is 18.0 Å². The number of nitrogens with one attached hydrogen (secondary N) is 2. The van der Waals surface area contributed by atoms with Crippen molar-refractivity contribution in [3.05, 3.63) is 0 Å². The van der Waals surface area contributed by atoms with Gasteiger partial charge in [0.25, 0.3) is 0 Å². The van der Waals surface area contributed by atoms with Gasteiger partial charge in [-0.15, -0.1) is 0 Å². The van der Waals surface area contributed by atoms with Crippen molar-refractivity contribution in [1.29, 1.82) is 0 Å². The van der Waals surface area contributed by atoms with E-state index in [-0.39, 0.29) is 17.4 Å². The molecule has 1 saturated heterocycles. The molecule has 0 aromatic carbocycles. The predicted molar refractivity (Wildman–Crippen MR) is 65.1 cm³/mol. The predicted octanol–water partition coefficient (Wildman–Crippen LogP) is 1.54. The Morgan fingerprint density at radius 3 is 2.88 bits per heavy atom. The van der Waals surface area contributed by atoms with E-state index in [4.69, 9.17) is 0 Å². The van der Waals surface area contributed by atoms with Gasteiger partial charge in [0.1, 0.15) is 0 Å². The highest BCUT2D eigenvalue weighted by molar-refractivity contribution is 5.78. The highest BCUT2D eigenvalue weighted by Crippen LogP contribution is 2.48. The van der Waals surface area contributed by atoms with E-state index < -0.39 is 0 Å². The molecule has 92 valence electrons. The molecule has 16 heavy (non-hydrogen) atoms. The molecular formula is C13H24N2O. The number of piperidine rings is 1. The molecule has 3 unspecified atom stereocenters. The molecule has 0 aromatic heterocycles. The van der Waals surface area contributed by atoms with E-state index in [1.807, 2.05) is 6.92 Å². The van der Waals surface area contributed by atoms with Gasteiger partial charge in [-0.25, -0.2) is 0 Å². The molecule has 2 aliphatic rings. The molecule has 2 fully saturated rings. The second kappa shape index (κ2) is 4.36. The van der Waals surface area contributed by atoms with Crippen LogP contribution in [0.25, 0.3) is 0 Å². The van der Waals surface area contributed by atoms with Crippen molar-refractivity contribution < 1.29 is 4.79 Å². The number of fused-ring (bicyclic) bond motifs is 1. The second-order valence-corrected chi connectivity index (χ2v) is 5.88. The largest absolute Gasteiger partial charge is 0.354 e. The van der Waals surface area contributed by atoms with Crippen LogP contribution in [-0.4, -0.2) is 24.5 Å². The summed E-state index contributed by atoms with van der Waals surface area (Å²) in [5.74, 6) is 1.57. The van der Waals surface area contributed by atoms with E-state index in [0.29, 0.717) is 5.92 Å². The van der Waals surface area contributed by atoms with Crippen LogP contribution < -0.4 is 10.6 Å². The van der Waals surface area contributed by atoms with Gasteiger partial charge in [-0.1, -0.05) is 20.8 Å². The van der Waals surface area contributed by atoms with E-state index in [1.165, 1.54) is 19.3 Å². The molecule has 0 spiro atoms. The lowest BCUT2D eigenvalue weighted by Gasteiger charge is -2.25. The topological polar surface area (TPSA) is 41.1 Å². The van der Waals surface area contributed by atoms with Gasteiger partial charge in [-0.2, -0.15) is 0 Å². The van der Waals surface area contributed by atoms with Crippen LogP contribution in [0.3, 0.4) is 0 Å². The molecule has 1 heterocycles. The third kappa shape index (κ3) is 2.24. The Labute approximate surface area is 98.4 Å². The average molecular weight is 224 g/mol. The summed E-state index contributed by atoms with van der Waals surface area (Å²) in [7, 11) is 0. The minimum absolute atomic E-state index is 0.122. The smallest absolute Gasteiger partial charge is 0.223 e. The van der Waals surface area contributed by atoms with Crippen molar-refractivity contribution in [3.8, 4) is 0 Å². The van der Waals surface area contributed by atoms with E-state index in [0.717, 1.165) is 19.0 Å². The first-order valence-corrected chi connectivity index (χ1v) is 6.58. The summed E-state index contributed by atoms with van der Waals surface area (Å²) in [5.41, 5.74) is 0.268. The van der Waals surface area contributed by atoms with E-state index in [2.05, 4.69) is 24.5 Å². The molecule has 2 N–H and O–H groups in total. The molecule has 2 rings (SSSR count). The molecule has 3 nitrogen and oxygen atoms in total. The molecule has 3 heteroatoms. The van der Waals surface area contributed by atoms with Crippen LogP contribution in [-0.2, 0) is 4.79 Å². The Balaban J connectivity index is 1.78. The zero-order valence-electron chi connectivity index (χ0n) is 10.7. The standard InChI is InChI=1S/C13H24N2O/c1-9(2)10(3)12(16)14-8-13-7-11(13)5-4-6-15-13/h9-11,15H,4-8H2,1-3H3,(H,14,16). The first kappa shape index (κ1) is 11.9.